The van der Waals surface area contributed by atoms with Gasteiger partial charge in [-0.25, -0.2) is 0 Å². The van der Waals surface area contributed by atoms with E-state index in [4.69, 9.17) is 8.92 Å². The lowest BCUT2D eigenvalue weighted by molar-refractivity contribution is -0.0377. The van der Waals surface area contributed by atoms with Crippen LogP contribution in [-0.4, -0.2) is 44.7 Å². The Hall–Kier alpha value is -0.430. The van der Waals surface area contributed by atoms with Gasteiger partial charge in [0.05, 0.1) is 31.2 Å². The third kappa shape index (κ3) is 5.06. The largest absolute Gasteiger partial charge is 0.392 e. The minimum atomic E-state index is -3.42. The van der Waals surface area contributed by atoms with Crippen LogP contribution in [0.25, 0.3) is 0 Å². The topological polar surface area (TPSA) is 72.8 Å². The summed E-state index contributed by atoms with van der Waals surface area (Å²) in [5.41, 5.74) is 0. The molecule has 1 aliphatic heterocycles. The molecule has 0 aromatic heterocycles. The molecule has 0 aromatic carbocycles. The highest BCUT2D eigenvalue weighted by atomic mass is 32.2. The highest BCUT2D eigenvalue weighted by Gasteiger charge is 2.32. The SMILES string of the molecule is C=CC[C@@H](O)[C@@H](C)[C@@H]1CC[C@@H](COS(C)(=O)=O)O1. The second-order valence-electron chi connectivity index (χ2n) is 4.81. The lowest BCUT2D eigenvalue weighted by atomic mass is 9.94. The fraction of sp³-hybridized carbons (Fsp3) is 0.833. The second-order valence-corrected chi connectivity index (χ2v) is 6.46. The van der Waals surface area contributed by atoms with Gasteiger partial charge < -0.3 is 9.84 Å². The Labute approximate surface area is 109 Å². The van der Waals surface area contributed by atoms with Gasteiger partial charge >= 0.3 is 0 Å². The summed E-state index contributed by atoms with van der Waals surface area (Å²) in [4.78, 5) is 0. The molecule has 5 nitrogen and oxygen atoms in total. The van der Waals surface area contributed by atoms with Crippen molar-refractivity contribution in [2.24, 2.45) is 5.92 Å². The maximum absolute atomic E-state index is 10.9. The van der Waals surface area contributed by atoms with E-state index in [0.717, 1.165) is 19.1 Å². The van der Waals surface area contributed by atoms with Crippen molar-refractivity contribution in [3.05, 3.63) is 12.7 Å². The molecule has 6 heteroatoms. The lowest BCUT2D eigenvalue weighted by Gasteiger charge is -2.24. The van der Waals surface area contributed by atoms with Gasteiger partial charge in [0.25, 0.3) is 10.1 Å². The third-order valence-corrected chi connectivity index (χ3v) is 3.77. The van der Waals surface area contributed by atoms with Crippen molar-refractivity contribution < 1.29 is 22.4 Å². The quantitative estimate of drug-likeness (QED) is 0.557. The number of aliphatic hydroxyl groups excluding tert-OH is 1. The molecule has 1 aliphatic rings. The van der Waals surface area contributed by atoms with Gasteiger partial charge in [0.1, 0.15) is 0 Å². The molecule has 0 aliphatic carbocycles. The Bertz CT molecular complexity index is 365. The molecule has 1 heterocycles. The molecule has 4 atom stereocenters. The maximum atomic E-state index is 10.9. The first-order valence-electron chi connectivity index (χ1n) is 6.12. The van der Waals surface area contributed by atoms with Gasteiger partial charge in [-0.05, 0) is 19.3 Å². The molecule has 0 radical (unpaired) electrons. The average molecular weight is 278 g/mol. The zero-order chi connectivity index (χ0) is 13.8. The Morgan fingerprint density at radius 3 is 2.78 bits per heavy atom. The van der Waals surface area contributed by atoms with Crippen LogP contribution in [0.5, 0.6) is 0 Å². The molecule has 1 N–H and O–H groups in total. The smallest absolute Gasteiger partial charge is 0.264 e. The highest BCUT2D eigenvalue weighted by molar-refractivity contribution is 7.85. The van der Waals surface area contributed by atoms with Crippen LogP contribution in [-0.2, 0) is 19.0 Å². The Morgan fingerprint density at radius 1 is 1.56 bits per heavy atom. The van der Waals surface area contributed by atoms with Crippen LogP contribution in [0, 0.1) is 5.92 Å². The number of ether oxygens (including phenoxy) is 1. The summed E-state index contributed by atoms with van der Waals surface area (Å²) in [7, 11) is -3.42. The summed E-state index contributed by atoms with van der Waals surface area (Å²) in [5.74, 6) is 0.00577. The van der Waals surface area contributed by atoms with Crippen molar-refractivity contribution in [2.45, 2.75) is 44.5 Å². The number of rotatable bonds is 7. The predicted octanol–water partition coefficient (Wildman–Crippen LogP) is 1.08. The van der Waals surface area contributed by atoms with E-state index in [9.17, 15) is 13.5 Å². The Balaban J connectivity index is 2.38. The van der Waals surface area contributed by atoms with Crippen molar-refractivity contribution in [1.29, 1.82) is 0 Å². The minimum Gasteiger partial charge on any atom is -0.392 e. The van der Waals surface area contributed by atoms with E-state index >= 15 is 0 Å². The van der Waals surface area contributed by atoms with Crippen LogP contribution in [0.4, 0.5) is 0 Å². The van der Waals surface area contributed by atoms with Gasteiger partial charge in [-0.3, -0.25) is 4.18 Å². The van der Waals surface area contributed by atoms with Crippen molar-refractivity contribution in [3.63, 3.8) is 0 Å². The molecule has 0 unspecified atom stereocenters. The van der Waals surface area contributed by atoms with E-state index in [0.29, 0.717) is 6.42 Å². The Kier molecular flexibility index (Phi) is 5.78. The molecule has 0 aromatic rings. The first kappa shape index (κ1) is 15.6. The summed E-state index contributed by atoms with van der Waals surface area (Å²) in [6.45, 7) is 5.58. The number of hydrogen-bond acceptors (Lipinski definition) is 5. The van der Waals surface area contributed by atoms with Crippen LogP contribution in [0.1, 0.15) is 26.2 Å². The van der Waals surface area contributed by atoms with Crippen LogP contribution in [0.2, 0.25) is 0 Å². The van der Waals surface area contributed by atoms with E-state index < -0.39 is 16.2 Å². The van der Waals surface area contributed by atoms with Gasteiger partial charge in [-0.1, -0.05) is 13.0 Å². The molecule has 0 bridgehead atoms. The fourth-order valence-electron chi connectivity index (χ4n) is 2.08. The normalized spacial score (nSPS) is 27.9. The fourth-order valence-corrected chi connectivity index (χ4v) is 2.47. The molecule has 1 rings (SSSR count). The molecule has 1 saturated heterocycles. The third-order valence-electron chi connectivity index (χ3n) is 3.21. The molecular formula is C12H22O5S. The molecular weight excluding hydrogens is 256 g/mol. The van der Waals surface area contributed by atoms with Crippen molar-refractivity contribution in [2.75, 3.05) is 12.9 Å². The molecule has 0 saturated carbocycles. The van der Waals surface area contributed by atoms with Gasteiger partial charge in [0, 0.05) is 5.92 Å². The van der Waals surface area contributed by atoms with E-state index in [1.54, 1.807) is 6.08 Å². The predicted molar refractivity (Wildman–Crippen MR) is 68.7 cm³/mol. The van der Waals surface area contributed by atoms with Crippen molar-refractivity contribution in [1.82, 2.24) is 0 Å². The maximum Gasteiger partial charge on any atom is 0.264 e. The van der Waals surface area contributed by atoms with Gasteiger partial charge in [0.15, 0.2) is 0 Å². The standard InChI is InChI=1S/C12H22O5S/c1-4-5-11(13)9(2)12-7-6-10(17-12)8-16-18(3,14)15/h4,9-13H,1,5-8H2,2-3H3/t9-,10+,11-,12+/m1/s1. The summed E-state index contributed by atoms with van der Waals surface area (Å²) < 4.78 is 32.2. The molecule has 18 heavy (non-hydrogen) atoms. The molecule has 0 amide bonds. The van der Waals surface area contributed by atoms with Gasteiger partial charge in [-0.15, -0.1) is 6.58 Å². The first-order valence-corrected chi connectivity index (χ1v) is 7.94. The average Bonchev–Trinajstić information content (AvgIpc) is 2.73. The summed E-state index contributed by atoms with van der Waals surface area (Å²) in [6, 6.07) is 0. The van der Waals surface area contributed by atoms with Crippen LogP contribution < -0.4 is 0 Å². The van der Waals surface area contributed by atoms with Gasteiger partial charge in [0.2, 0.25) is 0 Å². The minimum absolute atomic E-state index is 0.00577. The number of aliphatic hydroxyl groups is 1. The van der Waals surface area contributed by atoms with E-state index in [2.05, 4.69) is 6.58 Å². The Morgan fingerprint density at radius 2 is 2.22 bits per heavy atom. The second kappa shape index (κ2) is 6.65. The zero-order valence-electron chi connectivity index (χ0n) is 10.9. The monoisotopic (exact) mass is 278 g/mol. The zero-order valence-corrected chi connectivity index (χ0v) is 11.7. The van der Waals surface area contributed by atoms with Crippen LogP contribution >= 0.6 is 0 Å². The molecule has 1 fully saturated rings. The van der Waals surface area contributed by atoms with Crippen molar-refractivity contribution in [3.8, 4) is 0 Å². The molecule has 0 spiro atoms. The lowest BCUT2D eigenvalue weighted by Crippen LogP contribution is -2.30. The van der Waals surface area contributed by atoms with Crippen LogP contribution in [0.15, 0.2) is 12.7 Å². The summed E-state index contributed by atoms with van der Waals surface area (Å²) in [6.07, 6.45) is 4.08. The van der Waals surface area contributed by atoms with E-state index in [1.807, 2.05) is 6.92 Å². The van der Waals surface area contributed by atoms with Crippen molar-refractivity contribution >= 4 is 10.1 Å². The van der Waals surface area contributed by atoms with Crippen LogP contribution in [0.3, 0.4) is 0 Å². The highest BCUT2D eigenvalue weighted by Crippen LogP contribution is 2.28. The summed E-state index contributed by atoms with van der Waals surface area (Å²) in [5, 5.41) is 9.85. The number of hydrogen-bond donors (Lipinski definition) is 1. The van der Waals surface area contributed by atoms with Gasteiger partial charge in [-0.2, -0.15) is 8.42 Å². The summed E-state index contributed by atoms with van der Waals surface area (Å²) >= 11 is 0. The van der Waals surface area contributed by atoms with E-state index in [1.165, 1.54) is 0 Å². The molecule has 106 valence electrons. The first-order chi connectivity index (χ1) is 8.33. The van der Waals surface area contributed by atoms with E-state index in [-0.39, 0.29) is 24.7 Å².